The second kappa shape index (κ2) is 10.5. The van der Waals surface area contributed by atoms with Gasteiger partial charge in [-0.1, -0.05) is 34.6 Å². The van der Waals surface area contributed by atoms with Crippen molar-refractivity contribution >= 4 is 46.0 Å². The quantitative estimate of drug-likeness (QED) is 0.198. The number of thiazole rings is 2. The zero-order valence-electron chi connectivity index (χ0n) is 22.7. The molecule has 2 aliphatic carbocycles. The summed E-state index contributed by atoms with van der Waals surface area (Å²) >= 11 is 3.17. The van der Waals surface area contributed by atoms with Crippen molar-refractivity contribution in [1.82, 2.24) is 20.3 Å². The third kappa shape index (κ3) is 4.68. The van der Waals surface area contributed by atoms with Gasteiger partial charge >= 0.3 is 0 Å². The lowest BCUT2D eigenvalue weighted by Crippen LogP contribution is -2.08. The topological polar surface area (TPSA) is 118 Å². The first kappa shape index (κ1) is 25.9. The van der Waals surface area contributed by atoms with Crippen LogP contribution in [0.2, 0.25) is 0 Å². The molecule has 2 aromatic carbocycles. The van der Waals surface area contributed by atoms with Crippen LogP contribution in [0.25, 0.3) is 23.3 Å². The molecule has 4 heterocycles. The predicted molar refractivity (Wildman–Crippen MR) is 165 cm³/mol. The van der Waals surface area contributed by atoms with Crippen molar-refractivity contribution in [3.8, 4) is 11.5 Å². The Hall–Kier alpha value is -4.80. The van der Waals surface area contributed by atoms with E-state index in [0.29, 0.717) is 30.8 Å². The summed E-state index contributed by atoms with van der Waals surface area (Å²) in [7, 11) is 0. The van der Waals surface area contributed by atoms with Gasteiger partial charge in [0.25, 0.3) is 0 Å². The van der Waals surface area contributed by atoms with Crippen molar-refractivity contribution in [3.63, 3.8) is 0 Å². The first-order chi connectivity index (χ1) is 21.1. The van der Waals surface area contributed by atoms with Crippen LogP contribution in [-0.4, -0.2) is 30.5 Å². The standard InChI is InChI=1S/C33H24N4O4S2/c38-28-3-1-18(6-24(28)22-8-20(32-14-34-16-42-32)10-30-26(22)12-36-40-30)5-19-2-4-29(39)25(7-19)23-9-21(33-15-35-17-43-33)11-31-27(23)13-37-41-31/h1-4,6-7,10-17,22-23,38-39H,5,8-9H2. The molecule has 0 fully saturated rings. The molecule has 4 aromatic heterocycles. The van der Waals surface area contributed by atoms with E-state index in [-0.39, 0.29) is 23.3 Å². The number of hydrogen-bond acceptors (Lipinski definition) is 10. The SMILES string of the molecule is Oc1ccc(Cc2ccc(O)c(C3CC(c4cncs4)=Cc4oncc43)c2)cc1C1CC(c2cncs2)=Cc2oncc21. The molecule has 2 unspecified atom stereocenters. The Balaban J connectivity index is 1.11. The van der Waals surface area contributed by atoms with Gasteiger partial charge in [0.05, 0.1) is 33.2 Å². The van der Waals surface area contributed by atoms with Crippen LogP contribution >= 0.6 is 22.7 Å². The molecule has 10 heteroatoms. The van der Waals surface area contributed by atoms with E-state index < -0.39 is 0 Å². The summed E-state index contributed by atoms with van der Waals surface area (Å²) in [6, 6.07) is 11.6. The molecule has 0 aliphatic heterocycles. The summed E-state index contributed by atoms with van der Waals surface area (Å²) in [6.45, 7) is 0. The average molecular weight is 605 g/mol. The first-order valence-corrected chi connectivity index (χ1v) is 15.6. The fourth-order valence-electron chi connectivity index (χ4n) is 6.22. The molecule has 2 N–H and O–H groups in total. The molecule has 2 atom stereocenters. The summed E-state index contributed by atoms with van der Waals surface area (Å²) in [5, 5.41) is 30.2. The van der Waals surface area contributed by atoms with Crippen molar-refractivity contribution in [1.29, 1.82) is 0 Å². The second-order valence-corrected chi connectivity index (χ2v) is 12.6. The van der Waals surface area contributed by atoms with Crippen LogP contribution in [0.15, 0.2) is 81.3 Å². The van der Waals surface area contributed by atoms with Gasteiger partial charge in [0.2, 0.25) is 0 Å². The minimum Gasteiger partial charge on any atom is -0.508 e. The summed E-state index contributed by atoms with van der Waals surface area (Å²) in [5.74, 6) is 1.68. The molecular formula is C33H24N4O4S2. The van der Waals surface area contributed by atoms with E-state index >= 15 is 0 Å². The number of nitrogens with zero attached hydrogens (tertiary/aromatic N) is 4. The molecule has 43 heavy (non-hydrogen) atoms. The molecule has 6 aromatic rings. The first-order valence-electron chi connectivity index (χ1n) is 13.8. The molecule has 0 saturated heterocycles. The van der Waals surface area contributed by atoms with Crippen molar-refractivity contribution in [3.05, 3.63) is 127 Å². The average Bonchev–Trinajstić information content (AvgIpc) is 3.85. The lowest BCUT2D eigenvalue weighted by Gasteiger charge is -2.24. The highest BCUT2D eigenvalue weighted by atomic mass is 32.1. The molecule has 0 radical (unpaired) electrons. The maximum absolute atomic E-state index is 11.0. The van der Waals surface area contributed by atoms with Gasteiger partial charge in [-0.2, -0.15) is 0 Å². The fourth-order valence-corrected chi connectivity index (χ4v) is 7.52. The third-order valence-electron chi connectivity index (χ3n) is 8.30. The van der Waals surface area contributed by atoms with E-state index in [1.165, 1.54) is 0 Å². The van der Waals surface area contributed by atoms with Crippen LogP contribution in [0.4, 0.5) is 0 Å². The summed E-state index contributed by atoms with van der Waals surface area (Å²) < 4.78 is 11.1. The van der Waals surface area contributed by atoms with Crippen LogP contribution in [0.5, 0.6) is 11.5 Å². The van der Waals surface area contributed by atoms with Crippen LogP contribution < -0.4 is 0 Å². The Bertz CT molecular complexity index is 1860. The molecular weight excluding hydrogens is 581 g/mol. The Morgan fingerprint density at radius 1 is 0.651 bits per heavy atom. The van der Waals surface area contributed by atoms with E-state index in [0.717, 1.165) is 54.3 Å². The van der Waals surface area contributed by atoms with Crippen molar-refractivity contribution in [2.24, 2.45) is 0 Å². The number of hydrogen-bond donors (Lipinski definition) is 2. The van der Waals surface area contributed by atoms with Crippen molar-refractivity contribution in [2.45, 2.75) is 31.1 Å². The maximum Gasteiger partial charge on any atom is 0.163 e. The lowest BCUT2D eigenvalue weighted by atomic mass is 9.80. The number of phenolic OH excluding ortho intramolecular Hbond substituents is 2. The van der Waals surface area contributed by atoms with Crippen LogP contribution in [0.3, 0.4) is 0 Å². The summed E-state index contributed by atoms with van der Waals surface area (Å²) in [5.41, 5.74) is 11.5. The Morgan fingerprint density at radius 3 is 1.58 bits per heavy atom. The van der Waals surface area contributed by atoms with Crippen LogP contribution in [-0.2, 0) is 6.42 Å². The zero-order valence-corrected chi connectivity index (χ0v) is 24.3. The molecule has 8 nitrogen and oxygen atoms in total. The number of aromatic nitrogens is 4. The third-order valence-corrected chi connectivity index (χ3v) is 10.0. The lowest BCUT2D eigenvalue weighted by molar-refractivity contribution is 0.410. The molecule has 2 aliphatic rings. The van der Waals surface area contributed by atoms with E-state index in [9.17, 15) is 10.2 Å². The van der Waals surface area contributed by atoms with Gasteiger partial charge in [-0.05, 0) is 65.8 Å². The molecule has 0 saturated carbocycles. The smallest absolute Gasteiger partial charge is 0.163 e. The highest BCUT2D eigenvalue weighted by Crippen LogP contribution is 2.47. The summed E-state index contributed by atoms with van der Waals surface area (Å²) in [4.78, 5) is 10.6. The number of fused-ring (bicyclic) bond motifs is 2. The normalized spacial score (nSPS) is 17.7. The molecule has 212 valence electrons. The number of allylic oxidation sites excluding steroid dienone is 2. The van der Waals surface area contributed by atoms with Crippen LogP contribution in [0, 0.1) is 0 Å². The van der Waals surface area contributed by atoms with Crippen LogP contribution in [0.1, 0.15) is 79.3 Å². The highest BCUT2D eigenvalue weighted by Gasteiger charge is 2.31. The monoisotopic (exact) mass is 604 g/mol. The number of rotatable bonds is 6. The van der Waals surface area contributed by atoms with Gasteiger partial charge in [0.1, 0.15) is 11.5 Å². The fraction of sp³-hybridized carbons (Fsp3) is 0.152. The molecule has 0 bridgehead atoms. The number of aromatic hydroxyl groups is 2. The Kier molecular flexibility index (Phi) is 6.31. The Labute approximate surface area is 254 Å². The maximum atomic E-state index is 11.0. The van der Waals surface area contributed by atoms with E-state index in [2.05, 4.69) is 32.4 Å². The van der Waals surface area contributed by atoms with Crippen molar-refractivity contribution < 1.29 is 19.3 Å². The predicted octanol–water partition coefficient (Wildman–Crippen LogP) is 7.73. The van der Waals surface area contributed by atoms with E-state index in [1.807, 2.05) is 47.7 Å². The van der Waals surface area contributed by atoms with Gasteiger partial charge in [0, 0.05) is 46.5 Å². The second-order valence-electron chi connectivity index (χ2n) is 10.8. The van der Waals surface area contributed by atoms with Crippen molar-refractivity contribution in [2.75, 3.05) is 0 Å². The number of benzene rings is 2. The van der Waals surface area contributed by atoms with Gasteiger partial charge in [-0.3, -0.25) is 9.97 Å². The minimum atomic E-state index is -0.107. The van der Waals surface area contributed by atoms with E-state index in [4.69, 9.17) is 9.05 Å². The molecule has 0 amide bonds. The van der Waals surface area contributed by atoms with Gasteiger partial charge in [-0.25, -0.2) is 0 Å². The van der Waals surface area contributed by atoms with Gasteiger partial charge in [-0.15, -0.1) is 22.7 Å². The van der Waals surface area contributed by atoms with Gasteiger partial charge < -0.3 is 19.3 Å². The molecule has 8 rings (SSSR count). The van der Waals surface area contributed by atoms with E-state index in [1.54, 1.807) is 47.2 Å². The largest absolute Gasteiger partial charge is 0.508 e. The molecule has 0 spiro atoms. The van der Waals surface area contributed by atoms with Gasteiger partial charge in [0.15, 0.2) is 11.5 Å². The summed E-state index contributed by atoms with van der Waals surface area (Å²) in [6.07, 6.45) is 13.3. The minimum absolute atomic E-state index is 0.107. The number of phenols is 2. The zero-order chi connectivity index (χ0) is 28.9. The highest BCUT2D eigenvalue weighted by molar-refractivity contribution is 7.11. The Morgan fingerprint density at radius 2 is 1.14 bits per heavy atom.